The Balaban J connectivity index is 2.17. The first-order chi connectivity index (χ1) is 7.27. The van der Waals surface area contributed by atoms with Crippen LogP contribution in [0.15, 0.2) is 12.1 Å². The summed E-state index contributed by atoms with van der Waals surface area (Å²) in [6.07, 6.45) is 6.00. The highest BCUT2D eigenvalue weighted by atomic mass is 16.1. The summed E-state index contributed by atoms with van der Waals surface area (Å²) in [5.74, 6) is 0.576. The van der Waals surface area contributed by atoms with Crippen molar-refractivity contribution >= 4 is 5.78 Å². The lowest BCUT2D eigenvalue weighted by molar-refractivity contribution is 0.0946. The van der Waals surface area contributed by atoms with Crippen molar-refractivity contribution in [3.8, 4) is 0 Å². The Morgan fingerprint density at radius 1 is 1.13 bits per heavy atom. The minimum atomic E-state index is 0.216. The summed E-state index contributed by atoms with van der Waals surface area (Å²) >= 11 is 0. The highest BCUT2D eigenvalue weighted by Crippen LogP contribution is 2.34. The molecule has 2 aliphatic rings. The van der Waals surface area contributed by atoms with E-state index in [-0.39, 0.29) is 5.92 Å². The van der Waals surface area contributed by atoms with E-state index in [4.69, 9.17) is 0 Å². The third-order valence-electron chi connectivity index (χ3n) is 3.87. The summed E-state index contributed by atoms with van der Waals surface area (Å²) in [4.78, 5) is 11.9. The van der Waals surface area contributed by atoms with Crippen LogP contribution < -0.4 is 0 Å². The predicted octanol–water partition coefficient (Wildman–Crippen LogP) is 2.94. The number of fused-ring (bicyclic) bond motifs is 3. The van der Waals surface area contributed by atoms with Crippen molar-refractivity contribution in [3.63, 3.8) is 0 Å². The van der Waals surface area contributed by atoms with Crippen LogP contribution in [0, 0.1) is 5.92 Å². The SMILES string of the molecule is CC1Cc2c(ccc3c2CCCC3)C1=O. The highest BCUT2D eigenvalue weighted by Gasteiger charge is 2.30. The standard InChI is InChI=1S/C14H16O/c1-9-8-13-11-5-3-2-4-10(11)6-7-12(13)14(9)15/h6-7,9H,2-5,8H2,1H3. The minimum Gasteiger partial charge on any atom is -0.294 e. The van der Waals surface area contributed by atoms with E-state index in [2.05, 4.69) is 19.1 Å². The molecule has 1 nitrogen and oxygen atoms in total. The predicted molar refractivity (Wildman–Crippen MR) is 60.3 cm³/mol. The Morgan fingerprint density at radius 3 is 2.80 bits per heavy atom. The van der Waals surface area contributed by atoms with Gasteiger partial charge in [0.25, 0.3) is 0 Å². The summed E-state index contributed by atoms with van der Waals surface area (Å²) < 4.78 is 0. The lowest BCUT2D eigenvalue weighted by Crippen LogP contribution is -2.06. The molecule has 2 aliphatic carbocycles. The van der Waals surface area contributed by atoms with E-state index >= 15 is 0 Å². The molecule has 78 valence electrons. The van der Waals surface area contributed by atoms with Crippen LogP contribution in [0.25, 0.3) is 0 Å². The maximum Gasteiger partial charge on any atom is 0.166 e. The molecule has 0 heterocycles. The Hall–Kier alpha value is -1.11. The number of rotatable bonds is 0. The normalized spacial score (nSPS) is 23.8. The van der Waals surface area contributed by atoms with Gasteiger partial charge in [-0.1, -0.05) is 19.1 Å². The smallest absolute Gasteiger partial charge is 0.166 e. The van der Waals surface area contributed by atoms with Gasteiger partial charge in [0.2, 0.25) is 0 Å². The molecule has 0 aromatic heterocycles. The lowest BCUT2D eigenvalue weighted by atomic mass is 9.86. The minimum absolute atomic E-state index is 0.216. The van der Waals surface area contributed by atoms with Crippen molar-refractivity contribution in [2.75, 3.05) is 0 Å². The van der Waals surface area contributed by atoms with Crippen molar-refractivity contribution in [1.29, 1.82) is 0 Å². The summed E-state index contributed by atoms with van der Waals surface area (Å²) in [5.41, 5.74) is 5.41. The van der Waals surface area contributed by atoms with Crippen molar-refractivity contribution in [1.82, 2.24) is 0 Å². The number of Topliss-reactive ketones (excluding diaryl/α,β-unsaturated/α-hetero) is 1. The molecule has 0 saturated heterocycles. The Bertz CT molecular complexity index is 431. The molecule has 1 atom stereocenters. The second-order valence-electron chi connectivity index (χ2n) is 4.91. The molecule has 0 amide bonds. The summed E-state index contributed by atoms with van der Waals surface area (Å²) in [7, 11) is 0. The van der Waals surface area contributed by atoms with Crippen LogP contribution in [0.4, 0.5) is 0 Å². The van der Waals surface area contributed by atoms with Gasteiger partial charge in [-0.15, -0.1) is 0 Å². The van der Waals surface area contributed by atoms with Crippen LogP contribution in [-0.2, 0) is 19.3 Å². The Kier molecular flexibility index (Phi) is 1.95. The molecular weight excluding hydrogens is 184 g/mol. The number of benzene rings is 1. The molecule has 0 bridgehead atoms. The Labute approximate surface area is 90.5 Å². The van der Waals surface area contributed by atoms with Crippen molar-refractivity contribution in [2.24, 2.45) is 5.92 Å². The van der Waals surface area contributed by atoms with E-state index in [0.717, 1.165) is 12.0 Å². The number of ketones is 1. The van der Waals surface area contributed by atoms with Crippen LogP contribution in [0.1, 0.15) is 46.8 Å². The molecule has 0 spiro atoms. The van der Waals surface area contributed by atoms with Gasteiger partial charge in [0.1, 0.15) is 0 Å². The zero-order valence-electron chi connectivity index (χ0n) is 9.18. The third-order valence-corrected chi connectivity index (χ3v) is 3.87. The van der Waals surface area contributed by atoms with Gasteiger partial charge in [-0.2, -0.15) is 0 Å². The van der Waals surface area contributed by atoms with Crippen molar-refractivity contribution in [2.45, 2.75) is 39.0 Å². The van der Waals surface area contributed by atoms with Gasteiger partial charge in [0.15, 0.2) is 5.78 Å². The maximum atomic E-state index is 11.9. The average molecular weight is 200 g/mol. The summed E-state index contributed by atoms with van der Waals surface area (Å²) in [6, 6.07) is 4.24. The van der Waals surface area contributed by atoms with Gasteiger partial charge in [0, 0.05) is 11.5 Å². The van der Waals surface area contributed by atoms with E-state index in [1.807, 2.05) is 0 Å². The Morgan fingerprint density at radius 2 is 1.93 bits per heavy atom. The van der Waals surface area contributed by atoms with Gasteiger partial charge < -0.3 is 0 Å². The van der Waals surface area contributed by atoms with Crippen molar-refractivity contribution in [3.05, 3.63) is 34.4 Å². The van der Waals surface area contributed by atoms with E-state index in [1.54, 1.807) is 0 Å². The molecule has 15 heavy (non-hydrogen) atoms. The van der Waals surface area contributed by atoms with Gasteiger partial charge >= 0.3 is 0 Å². The number of carbonyl (C=O) groups excluding carboxylic acids is 1. The number of aryl methyl sites for hydroxylation is 1. The lowest BCUT2D eigenvalue weighted by Gasteiger charge is -2.18. The zero-order chi connectivity index (χ0) is 10.4. The fraction of sp³-hybridized carbons (Fsp3) is 0.500. The monoisotopic (exact) mass is 200 g/mol. The molecule has 0 N–H and O–H groups in total. The summed E-state index contributed by atoms with van der Waals surface area (Å²) in [5, 5.41) is 0. The molecule has 1 aromatic rings. The molecule has 0 aliphatic heterocycles. The van der Waals surface area contributed by atoms with E-state index in [1.165, 1.54) is 42.4 Å². The molecule has 0 fully saturated rings. The van der Waals surface area contributed by atoms with Crippen LogP contribution in [0.3, 0.4) is 0 Å². The number of carbonyl (C=O) groups is 1. The largest absolute Gasteiger partial charge is 0.294 e. The first-order valence-electron chi connectivity index (χ1n) is 5.95. The van der Waals surface area contributed by atoms with E-state index < -0.39 is 0 Å². The molecule has 0 saturated carbocycles. The van der Waals surface area contributed by atoms with E-state index in [0.29, 0.717) is 5.78 Å². The third kappa shape index (κ3) is 1.26. The molecular formula is C14H16O. The quantitative estimate of drug-likeness (QED) is 0.629. The maximum absolute atomic E-state index is 11.9. The van der Waals surface area contributed by atoms with Crippen LogP contribution in [0.2, 0.25) is 0 Å². The van der Waals surface area contributed by atoms with Gasteiger partial charge in [-0.25, -0.2) is 0 Å². The number of hydrogen-bond acceptors (Lipinski definition) is 1. The second kappa shape index (κ2) is 3.19. The van der Waals surface area contributed by atoms with Crippen molar-refractivity contribution < 1.29 is 4.79 Å². The van der Waals surface area contributed by atoms with Gasteiger partial charge in [-0.05, 0) is 48.8 Å². The van der Waals surface area contributed by atoms with Crippen LogP contribution >= 0.6 is 0 Å². The van der Waals surface area contributed by atoms with Gasteiger partial charge in [0.05, 0.1) is 0 Å². The van der Waals surface area contributed by atoms with E-state index in [9.17, 15) is 4.79 Å². The molecule has 1 aromatic carbocycles. The number of hydrogen-bond donors (Lipinski definition) is 0. The highest BCUT2D eigenvalue weighted by molar-refractivity contribution is 6.02. The average Bonchev–Trinajstić information content (AvgIpc) is 2.56. The first kappa shape index (κ1) is 9.14. The summed E-state index contributed by atoms with van der Waals surface area (Å²) in [6.45, 7) is 2.05. The van der Waals surface area contributed by atoms with Crippen LogP contribution in [-0.4, -0.2) is 5.78 Å². The molecule has 1 unspecified atom stereocenters. The second-order valence-corrected chi connectivity index (χ2v) is 4.91. The fourth-order valence-corrected chi connectivity index (χ4v) is 3.03. The molecule has 1 heteroatoms. The molecule has 0 radical (unpaired) electrons. The zero-order valence-corrected chi connectivity index (χ0v) is 9.18. The van der Waals surface area contributed by atoms with Crippen LogP contribution in [0.5, 0.6) is 0 Å². The molecule has 3 rings (SSSR count). The first-order valence-corrected chi connectivity index (χ1v) is 5.95. The fourth-order valence-electron chi connectivity index (χ4n) is 3.03. The van der Waals surface area contributed by atoms with Gasteiger partial charge in [-0.3, -0.25) is 4.79 Å². The topological polar surface area (TPSA) is 17.1 Å².